The Morgan fingerprint density at radius 3 is 2.73 bits per heavy atom. The quantitative estimate of drug-likeness (QED) is 0.528. The van der Waals surface area contributed by atoms with Gasteiger partial charge in [-0.05, 0) is 5.56 Å². The average Bonchev–Trinajstić information content (AvgIpc) is 2.52. The Balaban J connectivity index is 2.47. The molecule has 0 aliphatic heterocycles. The van der Waals surface area contributed by atoms with Crippen molar-refractivity contribution < 1.29 is 14.3 Å². The van der Waals surface area contributed by atoms with E-state index in [9.17, 15) is 9.59 Å². The molecule has 1 aliphatic carbocycles. The van der Waals surface area contributed by atoms with Crippen LogP contribution in [0.25, 0.3) is 0 Å². The first-order valence-corrected chi connectivity index (χ1v) is 4.59. The molecule has 0 spiro atoms. The fourth-order valence-electron chi connectivity index (χ4n) is 1.86. The van der Waals surface area contributed by atoms with Crippen LogP contribution in [0.3, 0.4) is 0 Å². The Kier molecular flexibility index (Phi) is 2.08. The molecular formula is C11H11NO3. The van der Waals surface area contributed by atoms with Crippen LogP contribution < -0.4 is 5.73 Å². The first-order valence-electron chi connectivity index (χ1n) is 4.59. The Morgan fingerprint density at radius 1 is 1.47 bits per heavy atom. The summed E-state index contributed by atoms with van der Waals surface area (Å²) in [5.41, 5.74) is 5.57. The summed E-state index contributed by atoms with van der Waals surface area (Å²) in [6, 6.07) is 7.04. The molecule has 0 heterocycles. The summed E-state index contributed by atoms with van der Waals surface area (Å²) in [6.07, 6.45) is 0.217. The number of ether oxygens (including phenoxy) is 1. The Morgan fingerprint density at radius 2 is 2.13 bits per heavy atom. The number of fused-ring (bicyclic) bond motifs is 1. The third-order valence-electron chi connectivity index (χ3n) is 2.69. The van der Waals surface area contributed by atoms with Crippen molar-refractivity contribution in [3.8, 4) is 0 Å². The summed E-state index contributed by atoms with van der Waals surface area (Å²) in [5, 5.41) is 0. The summed E-state index contributed by atoms with van der Waals surface area (Å²) < 4.78 is 4.55. The van der Waals surface area contributed by atoms with Gasteiger partial charge in [0.25, 0.3) is 0 Å². The van der Waals surface area contributed by atoms with E-state index in [0.717, 1.165) is 5.56 Å². The van der Waals surface area contributed by atoms with Crippen molar-refractivity contribution in [3.63, 3.8) is 0 Å². The molecule has 0 unspecified atom stereocenters. The number of nitrogens with two attached hydrogens (primary N) is 1. The first kappa shape index (κ1) is 9.86. The van der Waals surface area contributed by atoms with Gasteiger partial charge in [0.1, 0.15) is 0 Å². The maximum absolute atomic E-state index is 11.9. The van der Waals surface area contributed by atoms with Gasteiger partial charge < -0.3 is 10.5 Å². The van der Waals surface area contributed by atoms with E-state index in [2.05, 4.69) is 4.74 Å². The van der Waals surface area contributed by atoms with Gasteiger partial charge in [-0.3, -0.25) is 4.79 Å². The zero-order valence-corrected chi connectivity index (χ0v) is 8.32. The van der Waals surface area contributed by atoms with E-state index in [1.165, 1.54) is 7.11 Å². The predicted molar refractivity (Wildman–Crippen MR) is 53.4 cm³/mol. The van der Waals surface area contributed by atoms with E-state index in [-0.39, 0.29) is 12.2 Å². The van der Waals surface area contributed by atoms with E-state index >= 15 is 0 Å². The zero-order chi connectivity index (χ0) is 11.1. The molecule has 0 saturated heterocycles. The fourth-order valence-corrected chi connectivity index (χ4v) is 1.86. The minimum Gasteiger partial charge on any atom is -0.467 e. The molecular weight excluding hydrogens is 194 g/mol. The molecule has 0 aromatic heterocycles. The van der Waals surface area contributed by atoms with Crippen molar-refractivity contribution in [2.75, 3.05) is 7.11 Å². The van der Waals surface area contributed by atoms with E-state index < -0.39 is 11.5 Å². The number of hydrogen-bond acceptors (Lipinski definition) is 4. The summed E-state index contributed by atoms with van der Waals surface area (Å²) >= 11 is 0. The van der Waals surface area contributed by atoms with Gasteiger partial charge in [-0.1, -0.05) is 24.3 Å². The molecule has 0 saturated carbocycles. The van der Waals surface area contributed by atoms with Crippen LogP contribution in [0.15, 0.2) is 24.3 Å². The third kappa shape index (κ3) is 1.26. The van der Waals surface area contributed by atoms with E-state index in [4.69, 9.17) is 5.73 Å². The molecule has 1 aromatic carbocycles. The highest BCUT2D eigenvalue weighted by atomic mass is 16.5. The van der Waals surface area contributed by atoms with Crippen molar-refractivity contribution in [2.45, 2.75) is 12.0 Å². The highest BCUT2D eigenvalue weighted by Crippen LogP contribution is 2.28. The monoisotopic (exact) mass is 205 g/mol. The van der Waals surface area contributed by atoms with Gasteiger partial charge >= 0.3 is 5.97 Å². The molecule has 1 aromatic rings. The third-order valence-corrected chi connectivity index (χ3v) is 2.69. The Labute approximate surface area is 87.0 Å². The SMILES string of the molecule is COC(=O)[C@]1(N)Cc2ccccc2C1=O. The van der Waals surface area contributed by atoms with Crippen LogP contribution >= 0.6 is 0 Å². The fraction of sp³-hybridized carbons (Fsp3) is 0.273. The van der Waals surface area contributed by atoms with Crippen molar-refractivity contribution in [2.24, 2.45) is 5.73 Å². The van der Waals surface area contributed by atoms with Crippen molar-refractivity contribution in [1.29, 1.82) is 0 Å². The van der Waals surface area contributed by atoms with Crippen molar-refractivity contribution in [3.05, 3.63) is 35.4 Å². The average molecular weight is 205 g/mol. The Bertz CT molecular complexity index is 441. The van der Waals surface area contributed by atoms with Gasteiger partial charge in [0.05, 0.1) is 7.11 Å². The second-order valence-corrected chi connectivity index (χ2v) is 3.63. The van der Waals surface area contributed by atoms with Crippen LogP contribution in [0.5, 0.6) is 0 Å². The molecule has 0 radical (unpaired) electrons. The number of benzene rings is 1. The predicted octanol–water partition coefficient (Wildman–Crippen LogP) is 0.296. The number of esters is 1. The number of hydrogen-bond donors (Lipinski definition) is 1. The molecule has 15 heavy (non-hydrogen) atoms. The van der Waals surface area contributed by atoms with Crippen LogP contribution in [0.4, 0.5) is 0 Å². The molecule has 2 rings (SSSR count). The highest BCUT2D eigenvalue weighted by molar-refractivity contribution is 6.19. The van der Waals surface area contributed by atoms with Gasteiger partial charge in [0.2, 0.25) is 0 Å². The standard InChI is InChI=1S/C11H11NO3/c1-15-10(14)11(12)6-7-4-2-3-5-8(7)9(11)13/h2-5H,6,12H2,1H3/t11-/m0/s1. The lowest BCUT2D eigenvalue weighted by Gasteiger charge is -2.17. The number of Topliss-reactive ketones (excluding diaryl/α,β-unsaturated/α-hetero) is 1. The molecule has 4 heteroatoms. The second-order valence-electron chi connectivity index (χ2n) is 3.63. The molecule has 0 bridgehead atoms. The van der Waals surface area contributed by atoms with E-state index in [0.29, 0.717) is 5.56 Å². The number of methoxy groups -OCH3 is 1. The lowest BCUT2D eigenvalue weighted by molar-refractivity contribution is -0.144. The van der Waals surface area contributed by atoms with Crippen LogP contribution in [-0.4, -0.2) is 24.4 Å². The topological polar surface area (TPSA) is 69.4 Å². The largest absolute Gasteiger partial charge is 0.467 e. The van der Waals surface area contributed by atoms with Crippen LogP contribution in [0.1, 0.15) is 15.9 Å². The number of carbonyl (C=O) groups excluding carboxylic acids is 2. The second kappa shape index (κ2) is 3.17. The van der Waals surface area contributed by atoms with Crippen LogP contribution in [0, 0.1) is 0 Å². The van der Waals surface area contributed by atoms with E-state index in [1.807, 2.05) is 6.07 Å². The lowest BCUT2D eigenvalue weighted by Crippen LogP contribution is -2.54. The smallest absolute Gasteiger partial charge is 0.334 e. The summed E-state index contributed by atoms with van der Waals surface area (Å²) in [5.74, 6) is -1.03. The summed E-state index contributed by atoms with van der Waals surface area (Å²) in [6.45, 7) is 0. The number of rotatable bonds is 1. The molecule has 1 atom stereocenters. The molecule has 78 valence electrons. The molecule has 2 N–H and O–H groups in total. The van der Waals surface area contributed by atoms with Crippen LogP contribution in [0.2, 0.25) is 0 Å². The van der Waals surface area contributed by atoms with Gasteiger partial charge in [-0.25, -0.2) is 4.79 Å². The maximum atomic E-state index is 11.9. The molecule has 0 amide bonds. The van der Waals surface area contributed by atoms with Crippen molar-refractivity contribution >= 4 is 11.8 Å². The molecule has 0 fully saturated rings. The first-order chi connectivity index (χ1) is 7.09. The van der Waals surface area contributed by atoms with Crippen molar-refractivity contribution in [1.82, 2.24) is 0 Å². The highest BCUT2D eigenvalue weighted by Gasteiger charge is 2.49. The van der Waals surface area contributed by atoms with Gasteiger partial charge in [-0.2, -0.15) is 0 Å². The zero-order valence-electron chi connectivity index (χ0n) is 8.32. The molecule has 4 nitrogen and oxygen atoms in total. The van der Waals surface area contributed by atoms with Gasteiger partial charge in [0.15, 0.2) is 11.3 Å². The van der Waals surface area contributed by atoms with E-state index in [1.54, 1.807) is 18.2 Å². The minimum atomic E-state index is -1.53. The Hall–Kier alpha value is -1.68. The molecule has 1 aliphatic rings. The van der Waals surface area contributed by atoms with Gasteiger partial charge in [-0.15, -0.1) is 0 Å². The van der Waals surface area contributed by atoms with Gasteiger partial charge in [0, 0.05) is 12.0 Å². The number of carbonyl (C=O) groups is 2. The summed E-state index contributed by atoms with van der Waals surface area (Å²) in [4.78, 5) is 23.3. The summed E-state index contributed by atoms with van der Waals surface area (Å²) in [7, 11) is 1.23. The lowest BCUT2D eigenvalue weighted by atomic mass is 9.96. The maximum Gasteiger partial charge on any atom is 0.334 e. The van der Waals surface area contributed by atoms with Crippen LogP contribution in [-0.2, 0) is 16.0 Å². The number of ketones is 1. The minimum absolute atomic E-state index is 0.217. The normalized spacial score (nSPS) is 23.7.